The minimum Gasteiger partial charge on any atom is -0.339 e. The second kappa shape index (κ2) is 6.35. The summed E-state index contributed by atoms with van der Waals surface area (Å²) < 4.78 is 0. The number of aromatic nitrogens is 1. The summed E-state index contributed by atoms with van der Waals surface area (Å²) >= 11 is 0. The number of pyridine rings is 1. The molecule has 1 unspecified atom stereocenters. The number of nitrogens with two attached hydrogens (primary N) is 1. The molecular weight excluding hydrogens is 214 g/mol. The third-order valence-electron chi connectivity index (χ3n) is 2.76. The minimum atomic E-state index is 0.0281. The van der Waals surface area contributed by atoms with E-state index in [-0.39, 0.29) is 5.91 Å². The first-order chi connectivity index (χ1) is 8.08. The van der Waals surface area contributed by atoms with Crippen LogP contribution >= 0.6 is 0 Å². The summed E-state index contributed by atoms with van der Waals surface area (Å²) in [6, 6.07) is 3.67. The molecule has 1 amide bonds. The molecule has 0 saturated carbocycles. The van der Waals surface area contributed by atoms with Crippen molar-refractivity contribution in [2.24, 2.45) is 11.7 Å². The van der Waals surface area contributed by atoms with Gasteiger partial charge in [0.15, 0.2) is 0 Å². The van der Waals surface area contributed by atoms with Gasteiger partial charge in [-0.3, -0.25) is 9.78 Å². The van der Waals surface area contributed by atoms with Gasteiger partial charge >= 0.3 is 0 Å². The maximum absolute atomic E-state index is 12.2. The van der Waals surface area contributed by atoms with Gasteiger partial charge in [-0.15, -0.1) is 0 Å². The molecule has 0 bridgehead atoms. The minimum absolute atomic E-state index is 0.0281. The highest BCUT2D eigenvalue weighted by atomic mass is 16.2. The van der Waals surface area contributed by atoms with E-state index in [0.29, 0.717) is 31.1 Å². The number of aryl methyl sites for hydroxylation is 1. The number of nitrogens with zero attached hydrogens (tertiary/aromatic N) is 2. The molecule has 17 heavy (non-hydrogen) atoms. The topological polar surface area (TPSA) is 59.2 Å². The lowest BCUT2D eigenvalue weighted by Gasteiger charge is -2.23. The van der Waals surface area contributed by atoms with E-state index in [2.05, 4.69) is 4.98 Å². The molecule has 0 fully saturated rings. The molecule has 4 heteroatoms. The Kier molecular flexibility index (Phi) is 5.10. The van der Waals surface area contributed by atoms with Crippen molar-refractivity contribution in [1.29, 1.82) is 0 Å². The molecule has 2 N–H and O–H groups in total. The van der Waals surface area contributed by atoms with Gasteiger partial charge in [0, 0.05) is 25.0 Å². The molecular formula is C13H21N3O. The van der Waals surface area contributed by atoms with Crippen LogP contribution in [0.5, 0.6) is 0 Å². The van der Waals surface area contributed by atoms with Crippen LogP contribution in [0.15, 0.2) is 18.3 Å². The smallest absolute Gasteiger partial charge is 0.255 e. The molecule has 94 valence electrons. The van der Waals surface area contributed by atoms with E-state index < -0.39 is 0 Å². The van der Waals surface area contributed by atoms with Crippen molar-refractivity contribution in [3.63, 3.8) is 0 Å². The van der Waals surface area contributed by atoms with Crippen LogP contribution < -0.4 is 5.73 Å². The Morgan fingerprint density at radius 3 is 2.71 bits per heavy atom. The van der Waals surface area contributed by atoms with Crippen molar-refractivity contribution in [3.05, 3.63) is 29.6 Å². The molecule has 0 aliphatic carbocycles. The van der Waals surface area contributed by atoms with Gasteiger partial charge in [0.1, 0.15) is 0 Å². The monoisotopic (exact) mass is 235 g/mol. The molecule has 0 aromatic carbocycles. The third-order valence-corrected chi connectivity index (χ3v) is 2.76. The second-order valence-electron chi connectivity index (χ2n) is 4.37. The van der Waals surface area contributed by atoms with Crippen LogP contribution in [-0.2, 0) is 0 Å². The Labute approximate surface area is 103 Å². The highest BCUT2D eigenvalue weighted by molar-refractivity contribution is 5.93. The lowest BCUT2D eigenvalue weighted by Crippen LogP contribution is -2.36. The van der Waals surface area contributed by atoms with E-state index in [0.717, 1.165) is 5.69 Å². The van der Waals surface area contributed by atoms with Crippen molar-refractivity contribution in [1.82, 2.24) is 9.88 Å². The first-order valence-corrected chi connectivity index (χ1v) is 6.00. The average molecular weight is 235 g/mol. The van der Waals surface area contributed by atoms with Gasteiger partial charge in [0.2, 0.25) is 0 Å². The van der Waals surface area contributed by atoms with Crippen LogP contribution in [0, 0.1) is 12.8 Å². The fourth-order valence-corrected chi connectivity index (χ4v) is 1.58. The van der Waals surface area contributed by atoms with Crippen molar-refractivity contribution < 1.29 is 4.79 Å². The molecule has 0 aliphatic rings. The van der Waals surface area contributed by atoms with Crippen molar-refractivity contribution in [2.75, 3.05) is 19.6 Å². The molecule has 1 heterocycles. The van der Waals surface area contributed by atoms with Crippen LogP contribution in [0.3, 0.4) is 0 Å². The predicted molar refractivity (Wildman–Crippen MR) is 68.8 cm³/mol. The van der Waals surface area contributed by atoms with E-state index in [4.69, 9.17) is 5.73 Å². The molecule has 1 aromatic rings. The fraction of sp³-hybridized carbons (Fsp3) is 0.538. The summed E-state index contributed by atoms with van der Waals surface area (Å²) in [6.07, 6.45) is 1.63. The quantitative estimate of drug-likeness (QED) is 0.840. The molecule has 1 atom stereocenters. The van der Waals surface area contributed by atoms with E-state index in [1.165, 1.54) is 0 Å². The lowest BCUT2D eigenvalue weighted by molar-refractivity contribution is 0.0743. The summed E-state index contributed by atoms with van der Waals surface area (Å²) in [4.78, 5) is 18.1. The Hall–Kier alpha value is -1.42. The van der Waals surface area contributed by atoms with Gasteiger partial charge in [-0.2, -0.15) is 0 Å². The Morgan fingerprint density at radius 2 is 2.24 bits per heavy atom. The van der Waals surface area contributed by atoms with Crippen LogP contribution in [0.1, 0.15) is 29.9 Å². The summed E-state index contributed by atoms with van der Waals surface area (Å²) in [6.45, 7) is 7.90. The largest absolute Gasteiger partial charge is 0.339 e. The summed E-state index contributed by atoms with van der Waals surface area (Å²) in [5.41, 5.74) is 7.14. The summed E-state index contributed by atoms with van der Waals surface area (Å²) in [5.74, 6) is 0.345. The van der Waals surface area contributed by atoms with Gasteiger partial charge in [0.05, 0.1) is 5.56 Å². The van der Waals surface area contributed by atoms with E-state index in [1.54, 1.807) is 6.20 Å². The van der Waals surface area contributed by atoms with Gasteiger partial charge in [0.25, 0.3) is 5.91 Å². The Bertz CT molecular complexity index is 361. The first-order valence-electron chi connectivity index (χ1n) is 6.00. The number of carbonyl (C=O) groups excluding carboxylic acids is 1. The van der Waals surface area contributed by atoms with Crippen molar-refractivity contribution >= 4 is 5.91 Å². The number of amides is 1. The molecule has 0 saturated heterocycles. The van der Waals surface area contributed by atoms with Gasteiger partial charge in [-0.1, -0.05) is 6.92 Å². The van der Waals surface area contributed by atoms with Crippen LogP contribution in [0.2, 0.25) is 0 Å². The van der Waals surface area contributed by atoms with Crippen LogP contribution in [0.25, 0.3) is 0 Å². The molecule has 0 spiro atoms. The second-order valence-corrected chi connectivity index (χ2v) is 4.37. The molecule has 1 aromatic heterocycles. The molecule has 1 rings (SSSR count). The molecule has 0 radical (unpaired) electrons. The highest BCUT2D eigenvalue weighted by Crippen LogP contribution is 2.07. The maximum atomic E-state index is 12.2. The maximum Gasteiger partial charge on any atom is 0.255 e. The molecule has 0 aliphatic heterocycles. The highest BCUT2D eigenvalue weighted by Gasteiger charge is 2.16. The zero-order valence-corrected chi connectivity index (χ0v) is 10.8. The molecule has 4 nitrogen and oxygen atoms in total. The third kappa shape index (κ3) is 3.82. The number of carbonyl (C=O) groups is 1. The first kappa shape index (κ1) is 13.6. The van der Waals surface area contributed by atoms with E-state index >= 15 is 0 Å². The lowest BCUT2D eigenvalue weighted by atomic mass is 10.1. The van der Waals surface area contributed by atoms with E-state index in [9.17, 15) is 4.79 Å². The number of rotatable bonds is 5. The Balaban J connectivity index is 2.75. The zero-order chi connectivity index (χ0) is 12.8. The predicted octanol–water partition coefficient (Wildman–Crippen LogP) is 1.45. The standard InChI is InChI=1S/C13H21N3O/c1-4-16(9-10(2)7-14)13(17)12-6-5-11(3)15-8-12/h5-6,8,10H,4,7,9,14H2,1-3H3. The van der Waals surface area contributed by atoms with Crippen molar-refractivity contribution in [3.8, 4) is 0 Å². The van der Waals surface area contributed by atoms with Crippen molar-refractivity contribution in [2.45, 2.75) is 20.8 Å². The summed E-state index contributed by atoms with van der Waals surface area (Å²) in [7, 11) is 0. The number of hydrogen-bond acceptors (Lipinski definition) is 3. The zero-order valence-electron chi connectivity index (χ0n) is 10.8. The fourth-order valence-electron chi connectivity index (χ4n) is 1.58. The summed E-state index contributed by atoms with van der Waals surface area (Å²) in [5, 5.41) is 0. The Morgan fingerprint density at radius 1 is 1.53 bits per heavy atom. The van der Waals surface area contributed by atoms with Gasteiger partial charge in [-0.05, 0) is 38.4 Å². The van der Waals surface area contributed by atoms with Gasteiger partial charge < -0.3 is 10.6 Å². The normalized spacial score (nSPS) is 12.2. The van der Waals surface area contributed by atoms with Crippen LogP contribution in [-0.4, -0.2) is 35.4 Å². The van der Waals surface area contributed by atoms with E-state index in [1.807, 2.05) is 37.8 Å². The number of hydrogen-bond donors (Lipinski definition) is 1. The average Bonchev–Trinajstić information content (AvgIpc) is 2.35. The van der Waals surface area contributed by atoms with Gasteiger partial charge in [-0.25, -0.2) is 0 Å². The SMILES string of the molecule is CCN(CC(C)CN)C(=O)c1ccc(C)nc1. The van der Waals surface area contributed by atoms with Crippen LogP contribution in [0.4, 0.5) is 0 Å².